The number of ketones is 3. The normalized spacial score (nSPS) is 37.8. The molecule has 240 valence electrons. The van der Waals surface area contributed by atoms with Gasteiger partial charge in [-0.05, 0) is 117 Å². The van der Waals surface area contributed by atoms with Crippen molar-refractivity contribution in [3.05, 3.63) is 0 Å². The molecule has 6 rings (SSSR count). The molecule has 3 saturated carbocycles. The Morgan fingerprint density at radius 2 is 0.683 bits per heavy atom. The summed E-state index contributed by atoms with van der Waals surface area (Å²) < 4.78 is 0. The SMILES string of the molecule is C.C.C.CC(=O)C1CC2CCCC2N1C.CC(=O)C1CC2CCCCC2N1C.CC(=O)C1CC2CCCCC2N1C. The average molecular weight is 578 g/mol. The number of nitrogens with zero attached hydrogens (tertiary/aromatic N) is 3. The molecule has 6 fully saturated rings. The van der Waals surface area contributed by atoms with Crippen molar-refractivity contribution >= 4 is 17.3 Å². The molecule has 9 atom stereocenters. The van der Waals surface area contributed by atoms with Crippen LogP contribution in [0.3, 0.4) is 0 Å². The summed E-state index contributed by atoms with van der Waals surface area (Å²) in [5.74, 6) is 3.52. The maximum Gasteiger partial charge on any atom is 0.146 e. The summed E-state index contributed by atoms with van der Waals surface area (Å²) in [5.41, 5.74) is 0. The van der Waals surface area contributed by atoms with Crippen LogP contribution in [-0.2, 0) is 14.4 Å². The number of hydrogen-bond acceptors (Lipinski definition) is 6. The van der Waals surface area contributed by atoms with E-state index >= 15 is 0 Å². The number of rotatable bonds is 3. The first-order valence-electron chi connectivity index (χ1n) is 15.8. The fourth-order valence-electron chi connectivity index (χ4n) is 9.24. The molecule has 0 N–H and O–H groups in total. The molecule has 41 heavy (non-hydrogen) atoms. The zero-order valence-electron chi connectivity index (χ0n) is 25.2. The molecule has 6 heteroatoms. The predicted molar refractivity (Wildman–Crippen MR) is 173 cm³/mol. The van der Waals surface area contributed by atoms with Crippen molar-refractivity contribution in [3.8, 4) is 0 Å². The minimum Gasteiger partial charge on any atom is -0.298 e. The van der Waals surface area contributed by atoms with Crippen LogP contribution in [0.25, 0.3) is 0 Å². The molecule has 3 aliphatic heterocycles. The first kappa shape index (κ1) is 37.9. The van der Waals surface area contributed by atoms with Gasteiger partial charge in [0.2, 0.25) is 0 Å². The van der Waals surface area contributed by atoms with Crippen molar-refractivity contribution < 1.29 is 14.4 Å². The maximum atomic E-state index is 11.4. The average Bonchev–Trinajstić information content (AvgIpc) is 3.64. The van der Waals surface area contributed by atoms with E-state index in [9.17, 15) is 14.4 Å². The Morgan fingerprint density at radius 3 is 0.951 bits per heavy atom. The standard InChI is InChI=1S/2C11H19NO.C10H17NO.3CH4/c2*1-8(13)11-7-9-5-3-4-6-10(9)12(11)2;1-7(12)10-6-8-4-3-5-9(8)11(10)2;;;/h2*9-11H,3-7H2,1-2H3;8-10H,3-6H2,1-2H3;3*1H4. The van der Waals surface area contributed by atoms with Crippen LogP contribution in [0, 0.1) is 17.8 Å². The zero-order valence-corrected chi connectivity index (χ0v) is 25.2. The Balaban J connectivity index is 0.000000297. The lowest BCUT2D eigenvalue weighted by molar-refractivity contribution is -0.122. The number of likely N-dealkylation sites (N-methyl/N-ethyl adjacent to an activating group) is 3. The van der Waals surface area contributed by atoms with Gasteiger partial charge in [-0.3, -0.25) is 29.1 Å². The van der Waals surface area contributed by atoms with Gasteiger partial charge in [0.15, 0.2) is 0 Å². The molecule has 3 saturated heterocycles. The Morgan fingerprint density at radius 1 is 0.439 bits per heavy atom. The van der Waals surface area contributed by atoms with E-state index in [1.807, 2.05) is 0 Å². The summed E-state index contributed by atoms with van der Waals surface area (Å²) in [5, 5.41) is 0. The van der Waals surface area contributed by atoms with Crippen LogP contribution in [0.4, 0.5) is 0 Å². The van der Waals surface area contributed by atoms with Crippen molar-refractivity contribution in [1.29, 1.82) is 0 Å². The van der Waals surface area contributed by atoms with Crippen LogP contribution < -0.4 is 0 Å². The van der Waals surface area contributed by atoms with Crippen LogP contribution in [0.2, 0.25) is 0 Å². The second-order valence-electron chi connectivity index (χ2n) is 13.6. The van der Waals surface area contributed by atoms with Gasteiger partial charge in [0, 0.05) is 18.1 Å². The molecular formula is C35H67N3O3. The molecule has 0 aromatic rings. The van der Waals surface area contributed by atoms with E-state index < -0.39 is 0 Å². The highest BCUT2D eigenvalue weighted by atomic mass is 16.1. The Bertz CT molecular complexity index is 801. The van der Waals surface area contributed by atoms with Gasteiger partial charge in [0.05, 0.1) is 18.1 Å². The largest absolute Gasteiger partial charge is 0.298 e. The number of likely N-dealkylation sites (tertiary alicyclic amines) is 3. The lowest BCUT2D eigenvalue weighted by atomic mass is 9.84. The minimum atomic E-state index is 0. The highest BCUT2D eigenvalue weighted by molar-refractivity contribution is 5.82. The van der Waals surface area contributed by atoms with E-state index in [-0.39, 0.29) is 40.4 Å². The quantitative estimate of drug-likeness (QED) is 0.359. The Hall–Kier alpha value is -1.11. The fraction of sp³-hybridized carbons (Fsp3) is 0.914. The molecule has 0 spiro atoms. The summed E-state index contributed by atoms with van der Waals surface area (Å²) in [7, 11) is 6.37. The third-order valence-electron chi connectivity index (χ3n) is 11.4. The van der Waals surface area contributed by atoms with Gasteiger partial charge in [-0.1, -0.05) is 54.4 Å². The monoisotopic (exact) mass is 578 g/mol. The van der Waals surface area contributed by atoms with Gasteiger partial charge in [0.1, 0.15) is 17.3 Å². The molecule has 3 aliphatic carbocycles. The van der Waals surface area contributed by atoms with Gasteiger partial charge in [0.25, 0.3) is 0 Å². The van der Waals surface area contributed by atoms with Gasteiger partial charge in [-0.2, -0.15) is 0 Å². The summed E-state index contributed by atoms with van der Waals surface area (Å²) in [6.45, 7) is 5.19. The van der Waals surface area contributed by atoms with E-state index in [1.165, 1.54) is 70.6 Å². The highest BCUT2D eigenvalue weighted by Crippen LogP contribution is 2.41. The van der Waals surface area contributed by atoms with Crippen molar-refractivity contribution in [1.82, 2.24) is 14.7 Å². The number of Topliss-reactive ketones (excluding diaryl/α,β-unsaturated/α-hetero) is 3. The van der Waals surface area contributed by atoms with Crippen molar-refractivity contribution in [2.45, 2.75) is 169 Å². The molecule has 9 unspecified atom stereocenters. The lowest BCUT2D eigenvalue weighted by Crippen LogP contribution is -2.38. The Labute approximate surface area is 254 Å². The van der Waals surface area contributed by atoms with E-state index in [2.05, 4.69) is 35.8 Å². The molecular weight excluding hydrogens is 510 g/mol. The van der Waals surface area contributed by atoms with Crippen molar-refractivity contribution in [2.24, 2.45) is 17.8 Å². The Kier molecular flexibility index (Phi) is 15.4. The van der Waals surface area contributed by atoms with E-state index in [4.69, 9.17) is 0 Å². The molecule has 6 nitrogen and oxygen atoms in total. The minimum absolute atomic E-state index is 0. The number of carbonyl (C=O) groups is 3. The molecule has 6 aliphatic rings. The fourth-order valence-corrected chi connectivity index (χ4v) is 9.24. The first-order valence-corrected chi connectivity index (χ1v) is 15.8. The number of carbonyl (C=O) groups excluding carboxylic acids is 3. The second kappa shape index (κ2) is 16.7. The summed E-state index contributed by atoms with van der Waals surface area (Å²) in [6, 6.07) is 2.84. The van der Waals surface area contributed by atoms with Gasteiger partial charge < -0.3 is 0 Å². The topological polar surface area (TPSA) is 60.9 Å². The number of fused-ring (bicyclic) bond motifs is 3. The first-order chi connectivity index (χ1) is 18.1. The van der Waals surface area contributed by atoms with Gasteiger partial charge in [-0.25, -0.2) is 0 Å². The van der Waals surface area contributed by atoms with Crippen LogP contribution >= 0.6 is 0 Å². The molecule has 0 aromatic heterocycles. The lowest BCUT2D eigenvalue weighted by Gasteiger charge is -2.30. The summed E-state index contributed by atoms with van der Waals surface area (Å²) in [4.78, 5) is 40.9. The molecule has 0 bridgehead atoms. The molecule has 3 heterocycles. The van der Waals surface area contributed by atoms with Crippen LogP contribution in [0.5, 0.6) is 0 Å². The smallest absolute Gasteiger partial charge is 0.146 e. The third kappa shape index (κ3) is 8.50. The van der Waals surface area contributed by atoms with E-state index in [1.54, 1.807) is 20.8 Å². The molecule has 0 aromatic carbocycles. The second-order valence-corrected chi connectivity index (χ2v) is 13.6. The van der Waals surface area contributed by atoms with Crippen LogP contribution in [-0.4, -0.2) is 89.4 Å². The number of hydrogen-bond donors (Lipinski definition) is 0. The molecule has 0 amide bonds. The van der Waals surface area contributed by atoms with Crippen molar-refractivity contribution in [2.75, 3.05) is 21.1 Å². The maximum absolute atomic E-state index is 11.4. The van der Waals surface area contributed by atoms with Gasteiger partial charge >= 0.3 is 0 Å². The van der Waals surface area contributed by atoms with Crippen LogP contribution in [0.1, 0.15) is 133 Å². The summed E-state index contributed by atoms with van der Waals surface area (Å²) >= 11 is 0. The summed E-state index contributed by atoms with van der Waals surface area (Å²) in [6.07, 6.45) is 18.2. The van der Waals surface area contributed by atoms with E-state index in [0.717, 1.165) is 43.1 Å². The zero-order chi connectivity index (χ0) is 27.6. The van der Waals surface area contributed by atoms with Gasteiger partial charge in [-0.15, -0.1) is 0 Å². The third-order valence-corrected chi connectivity index (χ3v) is 11.4. The van der Waals surface area contributed by atoms with Crippen molar-refractivity contribution in [3.63, 3.8) is 0 Å². The molecule has 0 radical (unpaired) electrons. The van der Waals surface area contributed by atoms with Crippen LogP contribution in [0.15, 0.2) is 0 Å². The van der Waals surface area contributed by atoms with E-state index in [0.29, 0.717) is 29.4 Å². The highest BCUT2D eigenvalue weighted by Gasteiger charge is 2.44. The predicted octanol–water partition coefficient (Wildman–Crippen LogP) is 7.03.